The number of benzene rings is 2. The summed E-state index contributed by atoms with van der Waals surface area (Å²) < 4.78 is 29.4. The van der Waals surface area contributed by atoms with Gasteiger partial charge in [0.15, 0.2) is 9.84 Å². The number of hydrogen-bond donors (Lipinski definition) is 0. The van der Waals surface area contributed by atoms with Crippen LogP contribution in [0.1, 0.15) is 32.1 Å². The van der Waals surface area contributed by atoms with E-state index in [9.17, 15) is 8.42 Å². The normalized spacial score (nSPS) is 16.2. The molecule has 122 valence electrons. The predicted molar refractivity (Wildman–Crippen MR) is 92.5 cm³/mol. The van der Waals surface area contributed by atoms with Crippen molar-refractivity contribution < 1.29 is 13.2 Å². The summed E-state index contributed by atoms with van der Waals surface area (Å²) in [7, 11) is -3.17. The zero-order valence-corrected chi connectivity index (χ0v) is 14.2. The van der Waals surface area contributed by atoms with E-state index in [4.69, 9.17) is 4.74 Å². The van der Waals surface area contributed by atoms with Crippen molar-refractivity contribution in [2.45, 2.75) is 43.1 Å². The summed E-state index contributed by atoms with van der Waals surface area (Å²) in [6, 6.07) is 15.0. The Hall–Kier alpha value is -1.81. The molecule has 1 aliphatic carbocycles. The number of hydrogen-bond acceptors (Lipinski definition) is 3. The fourth-order valence-corrected chi connectivity index (χ4v) is 3.68. The summed E-state index contributed by atoms with van der Waals surface area (Å²) in [6.45, 7) is 0. The first kappa shape index (κ1) is 16.1. The Morgan fingerprint density at radius 3 is 2.22 bits per heavy atom. The predicted octanol–water partition coefficient (Wildman–Crippen LogP) is 4.47. The molecule has 0 aromatic heterocycles. The quantitative estimate of drug-likeness (QED) is 0.831. The third-order valence-corrected chi connectivity index (χ3v) is 5.45. The first-order valence-corrected chi connectivity index (χ1v) is 9.99. The van der Waals surface area contributed by atoms with Crippen LogP contribution < -0.4 is 4.74 Å². The van der Waals surface area contributed by atoms with Crippen LogP contribution in [0.5, 0.6) is 5.75 Å². The molecule has 0 aliphatic heterocycles. The van der Waals surface area contributed by atoms with Gasteiger partial charge in [-0.15, -0.1) is 0 Å². The molecule has 0 bridgehead atoms. The molecule has 1 aliphatic rings. The average molecular weight is 330 g/mol. The van der Waals surface area contributed by atoms with Crippen LogP contribution in [-0.2, 0) is 9.84 Å². The molecule has 1 saturated carbocycles. The Kier molecular flexibility index (Phi) is 4.71. The molecule has 3 nitrogen and oxygen atoms in total. The molecule has 0 saturated heterocycles. The zero-order valence-electron chi connectivity index (χ0n) is 13.4. The van der Waals surface area contributed by atoms with Crippen LogP contribution in [0.15, 0.2) is 53.4 Å². The van der Waals surface area contributed by atoms with Crippen molar-refractivity contribution in [3.8, 4) is 16.9 Å². The Balaban J connectivity index is 1.87. The fourth-order valence-electron chi connectivity index (χ4n) is 3.05. The summed E-state index contributed by atoms with van der Waals surface area (Å²) in [5.41, 5.74) is 1.99. The molecule has 2 aromatic rings. The Morgan fingerprint density at radius 2 is 1.57 bits per heavy atom. The van der Waals surface area contributed by atoms with Gasteiger partial charge in [0, 0.05) is 11.8 Å². The molecule has 4 heteroatoms. The highest BCUT2D eigenvalue weighted by Crippen LogP contribution is 2.33. The lowest BCUT2D eigenvalue weighted by Gasteiger charge is -2.24. The van der Waals surface area contributed by atoms with Crippen LogP contribution >= 0.6 is 0 Å². The summed E-state index contributed by atoms with van der Waals surface area (Å²) in [6.07, 6.45) is 7.51. The zero-order chi connectivity index (χ0) is 16.3. The number of para-hydroxylation sites is 1. The smallest absolute Gasteiger partial charge is 0.175 e. The van der Waals surface area contributed by atoms with Crippen molar-refractivity contribution in [1.29, 1.82) is 0 Å². The standard InChI is InChI=1S/C19H22O3S/c1-23(20,21)17-13-11-15(12-14-17)18-9-5-6-10-19(18)22-16-7-3-2-4-8-16/h5-6,9-14,16H,2-4,7-8H2,1H3. The summed E-state index contributed by atoms with van der Waals surface area (Å²) in [5.74, 6) is 0.881. The topological polar surface area (TPSA) is 43.4 Å². The van der Waals surface area contributed by atoms with Gasteiger partial charge in [0.1, 0.15) is 5.75 Å². The first-order valence-electron chi connectivity index (χ1n) is 8.10. The first-order chi connectivity index (χ1) is 11.0. The van der Waals surface area contributed by atoms with Gasteiger partial charge in [0.05, 0.1) is 11.0 Å². The third kappa shape index (κ3) is 3.94. The molecule has 0 spiro atoms. The van der Waals surface area contributed by atoms with Crippen molar-refractivity contribution in [1.82, 2.24) is 0 Å². The van der Waals surface area contributed by atoms with Gasteiger partial charge in [-0.25, -0.2) is 8.42 Å². The lowest BCUT2D eigenvalue weighted by molar-refractivity contribution is 0.156. The van der Waals surface area contributed by atoms with E-state index >= 15 is 0 Å². The minimum absolute atomic E-state index is 0.292. The van der Waals surface area contributed by atoms with E-state index in [-0.39, 0.29) is 0 Å². The van der Waals surface area contributed by atoms with Gasteiger partial charge in [-0.2, -0.15) is 0 Å². The van der Waals surface area contributed by atoms with E-state index in [1.807, 2.05) is 36.4 Å². The molecular weight excluding hydrogens is 308 g/mol. The van der Waals surface area contributed by atoms with Gasteiger partial charge < -0.3 is 4.74 Å². The van der Waals surface area contributed by atoms with Crippen molar-refractivity contribution in [3.05, 3.63) is 48.5 Å². The maximum atomic E-state index is 11.6. The maximum Gasteiger partial charge on any atom is 0.175 e. The van der Waals surface area contributed by atoms with E-state index < -0.39 is 9.84 Å². The van der Waals surface area contributed by atoms with E-state index in [0.717, 1.165) is 29.7 Å². The number of sulfone groups is 1. The van der Waals surface area contributed by atoms with Crippen molar-refractivity contribution in [2.75, 3.05) is 6.26 Å². The second-order valence-electron chi connectivity index (χ2n) is 6.17. The Bertz CT molecular complexity index is 757. The lowest BCUT2D eigenvalue weighted by Crippen LogP contribution is -2.19. The highest BCUT2D eigenvalue weighted by Gasteiger charge is 2.17. The molecule has 0 atom stereocenters. The SMILES string of the molecule is CS(=O)(=O)c1ccc(-c2ccccc2OC2CCCCC2)cc1. The van der Waals surface area contributed by atoms with Crippen LogP contribution in [0.4, 0.5) is 0 Å². The monoisotopic (exact) mass is 330 g/mol. The van der Waals surface area contributed by atoms with Crippen molar-refractivity contribution >= 4 is 9.84 Å². The minimum atomic E-state index is -3.17. The second kappa shape index (κ2) is 6.75. The van der Waals surface area contributed by atoms with Gasteiger partial charge in [0.25, 0.3) is 0 Å². The van der Waals surface area contributed by atoms with E-state index in [0.29, 0.717) is 11.0 Å². The average Bonchev–Trinajstić information content (AvgIpc) is 2.56. The van der Waals surface area contributed by atoms with Crippen LogP contribution in [0.3, 0.4) is 0 Å². The van der Waals surface area contributed by atoms with E-state index in [1.165, 1.54) is 25.5 Å². The molecule has 2 aromatic carbocycles. The van der Waals surface area contributed by atoms with Crippen LogP contribution in [0.25, 0.3) is 11.1 Å². The molecule has 0 unspecified atom stereocenters. The van der Waals surface area contributed by atoms with E-state index in [2.05, 4.69) is 0 Å². The second-order valence-corrected chi connectivity index (χ2v) is 8.19. The maximum absolute atomic E-state index is 11.6. The summed E-state index contributed by atoms with van der Waals surface area (Å²) >= 11 is 0. The largest absolute Gasteiger partial charge is 0.490 e. The van der Waals surface area contributed by atoms with Crippen molar-refractivity contribution in [2.24, 2.45) is 0 Å². The Morgan fingerprint density at radius 1 is 0.913 bits per heavy atom. The van der Waals surface area contributed by atoms with Gasteiger partial charge in [-0.05, 0) is 49.4 Å². The van der Waals surface area contributed by atoms with Crippen LogP contribution in [0, 0.1) is 0 Å². The Labute approximate surface area is 138 Å². The molecule has 3 rings (SSSR count). The summed E-state index contributed by atoms with van der Waals surface area (Å²) in [4.78, 5) is 0.340. The summed E-state index contributed by atoms with van der Waals surface area (Å²) in [5, 5.41) is 0. The highest BCUT2D eigenvalue weighted by molar-refractivity contribution is 7.90. The lowest BCUT2D eigenvalue weighted by atomic mass is 9.97. The fraction of sp³-hybridized carbons (Fsp3) is 0.368. The molecule has 1 fully saturated rings. The highest BCUT2D eigenvalue weighted by atomic mass is 32.2. The molecule has 0 amide bonds. The molecule has 0 radical (unpaired) electrons. The number of rotatable bonds is 4. The third-order valence-electron chi connectivity index (χ3n) is 4.33. The van der Waals surface area contributed by atoms with Gasteiger partial charge >= 0.3 is 0 Å². The molecule has 0 N–H and O–H groups in total. The number of ether oxygens (including phenoxy) is 1. The van der Waals surface area contributed by atoms with Crippen molar-refractivity contribution in [3.63, 3.8) is 0 Å². The van der Waals surface area contributed by atoms with E-state index in [1.54, 1.807) is 12.1 Å². The minimum Gasteiger partial charge on any atom is -0.490 e. The molecule has 0 heterocycles. The van der Waals surface area contributed by atoms with Crippen LogP contribution in [-0.4, -0.2) is 20.8 Å². The molecular formula is C19H22O3S. The molecule has 23 heavy (non-hydrogen) atoms. The van der Waals surface area contributed by atoms with Gasteiger partial charge in [-0.1, -0.05) is 36.8 Å². The van der Waals surface area contributed by atoms with Gasteiger partial charge in [0.2, 0.25) is 0 Å². The van der Waals surface area contributed by atoms with Crippen LogP contribution in [0.2, 0.25) is 0 Å². The van der Waals surface area contributed by atoms with Gasteiger partial charge in [-0.3, -0.25) is 0 Å².